The number of hydrogen-bond acceptors (Lipinski definition) is 2. The normalized spacial score (nSPS) is 11.2. The molecule has 22 heavy (non-hydrogen) atoms. The maximum absolute atomic E-state index is 5.69. The van der Waals surface area contributed by atoms with Gasteiger partial charge in [0.05, 0.1) is 13.4 Å². The van der Waals surface area contributed by atoms with Crippen LogP contribution in [0.15, 0.2) is 65.3 Å². The molecule has 2 nitrogen and oxygen atoms in total. The molecule has 0 aliphatic carbocycles. The van der Waals surface area contributed by atoms with E-state index in [0.717, 1.165) is 22.5 Å². The van der Waals surface area contributed by atoms with Crippen molar-refractivity contribution in [1.82, 2.24) is 0 Å². The summed E-state index contributed by atoms with van der Waals surface area (Å²) in [5.74, 6) is 1.74. The summed E-state index contributed by atoms with van der Waals surface area (Å²) in [5.41, 5.74) is 1.12. The monoisotopic (exact) mass is 400 g/mol. The highest BCUT2D eigenvalue weighted by atomic mass is 127. The zero-order valence-electron chi connectivity index (χ0n) is 12.0. The molecule has 0 unspecified atom stereocenters. The molecule has 0 fully saturated rings. The Labute approximate surface area is 141 Å². The largest absolute Gasteiger partial charge is 0.497 e. The summed E-state index contributed by atoms with van der Waals surface area (Å²) < 4.78 is 12.3. The van der Waals surface area contributed by atoms with Gasteiger partial charge in [-0.15, -0.1) is 0 Å². The van der Waals surface area contributed by atoms with E-state index in [1.165, 1.54) is 19.7 Å². The summed E-state index contributed by atoms with van der Waals surface area (Å²) >= 11 is 2.41. The predicted octanol–water partition coefficient (Wildman–Crippen LogP) is 5.87. The van der Waals surface area contributed by atoms with E-state index in [0.29, 0.717) is 0 Å². The van der Waals surface area contributed by atoms with Gasteiger partial charge in [0.15, 0.2) is 0 Å². The second kappa shape index (κ2) is 5.32. The molecule has 0 bridgehead atoms. The maximum atomic E-state index is 5.69. The first-order valence-electron chi connectivity index (χ1n) is 7.01. The average Bonchev–Trinajstić information content (AvgIpc) is 3.09. The minimum atomic E-state index is 0.853. The Bertz CT molecular complexity index is 972. The molecule has 0 aliphatic rings. The standard InChI is InChI=1S/C19H13IO2/c1-21-12-8-9-14-13-5-2-3-6-15(13)19(20)18(16(14)11-12)17-7-4-10-22-17/h2-11H,1H3. The molecule has 3 heteroatoms. The van der Waals surface area contributed by atoms with Crippen molar-refractivity contribution in [2.75, 3.05) is 7.11 Å². The van der Waals surface area contributed by atoms with E-state index in [1.54, 1.807) is 13.4 Å². The Kier molecular flexibility index (Phi) is 3.30. The van der Waals surface area contributed by atoms with Crippen molar-refractivity contribution >= 4 is 44.1 Å². The fraction of sp³-hybridized carbons (Fsp3) is 0.0526. The number of benzene rings is 3. The first kappa shape index (κ1) is 13.6. The van der Waals surface area contributed by atoms with Crippen molar-refractivity contribution in [2.24, 2.45) is 0 Å². The molecule has 0 radical (unpaired) electrons. The van der Waals surface area contributed by atoms with Crippen molar-refractivity contribution in [1.29, 1.82) is 0 Å². The molecule has 1 aromatic heterocycles. The van der Waals surface area contributed by atoms with E-state index in [1.807, 2.05) is 18.2 Å². The zero-order chi connectivity index (χ0) is 15.1. The van der Waals surface area contributed by atoms with E-state index in [4.69, 9.17) is 9.15 Å². The molecule has 1 heterocycles. The van der Waals surface area contributed by atoms with Gasteiger partial charge in [0.2, 0.25) is 0 Å². The molecule has 0 spiro atoms. The van der Waals surface area contributed by atoms with E-state index in [9.17, 15) is 0 Å². The lowest BCUT2D eigenvalue weighted by atomic mass is 9.96. The number of ether oxygens (including phenoxy) is 1. The topological polar surface area (TPSA) is 22.4 Å². The second-order valence-corrected chi connectivity index (χ2v) is 6.20. The molecule has 0 amide bonds. The molecular weight excluding hydrogens is 387 g/mol. The summed E-state index contributed by atoms with van der Waals surface area (Å²) in [6.45, 7) is 0. The van der Waals surface area contributed by atoms with Crippen LogP contribution >= 0.6 is 22.6 Å². The molecule has 4 rings (SSSR count). The van der Waals surface area contributed by atoms with Crippen LogP contribution in [0.25, 0.3) is 32.9 Å². The zero-order valence-corrected chi connectivity index (χ0v) is 14.1. The number of rotatable bonds is 2. The molecular formula is C19H13IO2. The SMILES string of the molecule is COc1ccc2c(c1)c(-c1ccco1)c(I)c1ccccc12. The van der Waals surface area contributed by atoms with Crippen molar-refractivity contribution in [3.8, 4) is 17.1 Å². The third kappa shape index (κ3) is 2.00. The lowest BCUT2D eigenvalue weighted by Crippen LogP contribution is -1.90. The third-order valence-electron chi connectivity index (χ3n) is 3.94. The van der Waals surface area contributed by atoms with Crippen LogP contribution in [0.2, 0.25) is 0 Å². The summed E-state index contributed by atoms with van der Waals surface area (Å²) in [6, 6.07) is 18.6. The summed E-state index contributed by atoms with van der Waals surface area (Å²) in [7, 11) is 1.69. The number of halogens is 1. The molecule has 108 valence electrons. The number of hydrogen-bond donors (Lipinski definition) is 0. The highest BCUT2D eigenvalue weighted by Crippen LogP contribution is 2.41. The molecule has 0 aliphatic heterocycles. The highest BCUT2D eigenvalue weighted by molar-refractivity contribution is 14.1. The van der Waals surface area contributed by atoms with Gasteiger partial charge in [-0.1, -0.05) is 30.3 Å². The Morgan fingerprint density at radius 2 is 1.64 bits per heavy atom. The molecule has 3 aromatic carbocycles. The molecule has 0 saturated heterocycles. The van der Waals surface area contributed by atoms with Gasteiger partial charge < -0.3 is 9.15 Å². The lowest BCUT2D eigenvalue weighted by molar-refractivity contribution is 0.415. The second-order valence-electron chi connectivity index (χ2n) is 5.12. The van der Waals surface area contributed by atoms with Crippen LogP contribution in [0.5, 0.6) is 5.75 Å². The van der Waals surface area contributed by atoms with Gasteiger partial charge in [0.1, 0.15) is 11.5 Å². The van der Waals surface area contributed by atoms with Crippen LogP contribution in [-0.4, -0.2) is 7.11 Å². The fourth-order valence-corrected chi connectivity index (χ4v) is 3.94. The molecule has 0 N–H and O–H groups in total. The fourth-order valence-electron chi connectivity index (χ4n) is 2.92. The Morgan fingerprint density at radius 3 is 2.36 bits per heavy atom. The van der Waals surface area contributed by atoms with Crippen LogP contribution in [-0.2, 0) is 0 Å². The van der Waals surface area contributed by atoms with Crippen molar-refractivity contribution in [2.45, 2.75) is 0 Å². The minimum absolute atomic E-state index is 0.853. The Balaban J connectivity index is 2.24. The van der Waals surface area contributed by atoms with Gasteiger partial charge in [-0.2, -0.15) is 0 Å². The summed E-state index contributed by atoms with van der Waals surface area (Å²) in [5, 5.41) is 4.85. The van der Waals surface area contributed by atoms with Crippen molar-refractivity contribution < 1.29 is 9.15 Å². The third-order valence-corrected chi connectivity index (χ3v) is 5.06. The Hall–Kier alpha value is -2.01. The van der Waals surface area contributed by atoms with Crippen LogP contribution in [0, 0.1) is 3.57 Å². The highest BCUT2D eigenvalue weighted by Gasteiger charge is 2.16. The number of fused-ring (bicyclic) bond motifs is 3. The quantitative estimate of drug-likeness (QED) is 0.310. The summed E-state index contributed by atoms with van der Waals surface area (Å²) in [4.78, 5) is 0. The Morgan fingerprint density at radius 1 is 0.864 bits per heavy atom. The van der Waals surface area contributed by atoms with Crippen molar-refractivity contribution in [3.05, 3.63) is 64.4 Å². The van der Waals surface area contributed by atoms with E-state index in [-0.39, 0.29) is 0 Å². The molecule has 0 saturated carbocycles. The van der Waals surface area contributed by atoms with Gasteiger partial charge in [-0.05, 0) is 68.4 Å². The minimum Gasteiger partial charge on any atom is -0.497 e. The van der Waals surface area contributed by atoms with Crippen LogP contribution in [0.1, 0.15) is 0 Å². The number of furan rings is 1. The first-order chi connectivity index (χ1) is 10.8. The molecule has 0 atom stereocenters. The van der Waals surface area contributed by atoms with E-state index in [2.05, 4.69) is 59.0 Å². The van der Waals surface area contributed by atoms with Gasteiger partial charge >= 0.3 is 0 Å². The van der Waals surface area contributed by atoms with Gasteiger partial charge in [0.25, 0.3) is 0 Å². The van der Waals surface area contributed by atoms with E-state index >= 15 is 0 Å². The smallest absolute Gasteiger partial charge is 0.135 e. The predicted molar refractivity (Wildman–Crippen MR) is 98.4 cm³/mol. The molecule has 4 aromatic rings. The summed E-state index contributed by atoms with van der Waals surface area (Å²) in [6.07, 6.45) is 1.71. The van der Waals surface area contributed by atoms with Gasteiger partial charge in [-0.25, -0.2) is 0 Å². The van der Waals surface area contributed by atoms with Crippen LogP contribution < -0.4 is 4.74 Å². The van der Waals surface area contributed by atoms with Crippen LogP contribution in [0.4, 0.5) is 0 Å². The van der Waals surface area contributed by atoms with Crippen LogP contribution in [0.3, 0.4) is 0 Å². The lowest BCUT2D eigenvalue weighted by Gasteiger charge is -2.13. The van der Waals surface area contributed by atoms with Gasteiger partial charge in [0, 0.05) is 9.13 Å². The number of methoxy groups -OCH3 is 1. The van der Waals surface area contributed by atoms with Gasteiger partial charge in [-0.3, -0.25) is 0 Å². The average molecular weight is 400 g/mol. The maximum Gasteiger partial charge on any atom is 0.135 e. The van der Waals surface area contributed by atoms with E-state index < -0.39 is 0 Å². The van der Waals surface area contributed by atoms with Crippen molar-refractivity contribution in [3.63, 3.8) is 0 Å². The first-order valence-corrected chi connectivity index (χ1v) is 8.09.